The van der Waals surface area contributed by atoms with Crippen LogP contribution in [0.3, 0.4) is 0 Å². The molecule has 0 radical (unpaired) electrons. The molecule has 32 heavy (non-hydrogen) atoms. The molecular formula is C22H18ClN7O2. The van der Waals surface area contributed by atoms with E-state index < -0.39 is 5.91 Å². The average Bonchev–Trinajstić information content (AvgIpc) is 2.82. The summed E-state index contributed by atoms with van der Waals surface area (Å²) in [6.07, 6.45) is 1.24. The molecule has 10 heteroatoms. The molecule has 6 N–H and O–H groups in total. The van der Waals surface area contributed by atoms with Crippen LogP contribution in [0.1, 0.15) is 20.7 Å². The summed E-state index contributed by atoms with van der Waals surface area (Å²) >= 11 is 5.83. The third-order valence-corrected chi connectivity index (χ3v) is 4.87. The fraction of sp³-hybridized carbons (Fsp3) is 0. The van der Waals surface area contributed by atoms with Gasteiger partial charge < -0.3 is 5.73 Å². The Morgan fingerprint density at radius 1 is 0.781 bits per heavy atom. The number of nitrogens with two attached hydrogens (primary N) is 1. The van der Waals surface area contributed by atoms with Gasteiger partial charge in [0.1, 0.15) is 12.0 Å². The van der Waals surface area contributed by atoms with Crippen molar-refractivity contribution in [3.8, 4) is 0 Å². The summed E-state index contributed by atoms with van der Waals surface area (Å²) in [5, 5.41) is 2.29. The molecule has 4 rings (SSSR count). The van der Waals surface area contributed by atoms with E-state index in [9.17, 15) is 9.59 Å². The van der Waals surface area contributed by atoms with Crippen LogP contribution in [0.4, 0.5) is 17.3 Å². The second-order valence-corrected chi connectivity index (χ2v) is 7.11. The van der Waals surface area contributed by atoms with Gasteiger partial charge >= 0.3 is 0 Å². The molecule has 0 aliphatic rings. The van der Waals surface area contributed by atoms with Crippen molar-refractivity contribution in [2.45, 2.75) is 0 Å². The monoisotopic (exact) mass is 447 g/mol. The first-order chi connectivity index (χ1) is 15.5. The van der Waals surface area contributed by atoms with Crippen LogP contribution in [0.5, 0.6) is 0 Å². The Labute approximate surface area is 188 Å². The van der Waals surface area contributed by atoms with Gasteiger partial charge in [-0.2, -0.15) is 0 Å². The Morgan fingerprint density at radius 2 is 1.41 bits per heavy atom. The zero-order valence-corrected chi connectivity index (χ0v) is 17.4. The Bertz CT molecular complexity index is 1290. The first kappa shape index (κ1) is 20.9. The highest BCUT2D eigenvalue weighted by Crippen LogP contribution is 2.22. The van der Waals surface area contributed by atoms with Gasteiger partial charge in [-0.1, -0.05) is 48.0 Å². The standard InChI is InChI=1S/C22H18ClN7O2/c23-15-10-8-14(9-11-15)21(31)29-27-19-18(24)20(26-12-25-19)28-30-22(32)17-7-3-5-13-4-1-2-6-16(13)17/h1-12H,24H2,(H,29,31)(H,30,32)(H2,25,26,27,28). The number of halogens is 1. The van der Waals surface area contributed by atoms with Crippen LogP contribution in [0.15, 0.2) is 73.1 Å². The lowest BCUT2D eigenvalue weighted by molar-refractivity contribution is 0.0955. The van der Waals surface area contributed by atoms with E-state index in [4.69, 9.17) is 17.3 Å². The molecule has 1 aromatic heterocycles. The van der Waals surface area contributed by atoms with Gasteiger partial charge in [0.05, 0.1) is 0 Å². The van der Waals surface area contributed by atoms with Crippen molar-refractivity contribution in [3.05, 3.63) is 89.2 Å². The SMILES string of the molecule is Nc1c(NNC(=O)c2ccc(Cl)cc2)ncnc1NNC(=O)c1cccc2ccccc12. The van der Waals surface area contributed by atoms with Crippen LogP contribution in [-0.4, -0.2) is 21.8 Å². The minimum absolute atomic E-state index is 0.0992. The molecule has 0 aliphatic carbocycles. The number of aromatic nitrogens is 2. The number of nitrogens with one attached hydrogen (secondary N) is 4. The summed E-state index contributed by atoms with van der Waals surface area (Å²) in [4.78, 5) is 33.0. The fourth-order valence-electron chi connectivity index (χ4n) is 2.99. The maximum absolute atomic E-state index is 12.7. The molecule has 0 spiro atoms. The zero-order valence-electron chi connectivity index (χ0n) is 16.6. The molecule has 0 saturated heterocycles. The third-order valence-electron chi connectivity index (χ3n) is 4.61. The number of nitrogen functional groups attached to an aromatic ring is 1. The van der Waals surface area contributed by atoms with Crippen LogP contribution in [-0.2, 0) is 0 Å². The van der Waals surface area contributed by atoms with Crippen molar-refractivity contribution in [2.24, 2.45) is 0 Å². The summed E-state index contributed by atoms with van der Waals surface area (Å²) in [7, 11) is 0. The maximum atomic E-state index is 12.7. The molecule has 0 bridgehead atoms. The normalized spacial score (nSPS) is 10.4. The molecule has 0 saturated carbocycles. The third kappa shape index (κ3) is 4.52. The number of nitrogens with zero attached hydrogens (tertiary/aromatic N) is 2. The number of hydrazine groups is 2. The molecule has 0 unspecified atom stereocenters. The van der Waals surface area contributed by atoms with Crippen molar-refractivity contribution in [1.82, 2.24) is 20.8 Å². The number of anilines is 3. The lowest BCUT2D eigenvalue weighted by Gasteiger charge is -2.14. The molecule has 0 fully saturated rings. The number of hydrogen-bond acceptors (Lipinski definition) is 7. The molecule has 160 valence electrons. The predicted octanol–water partition coefficient (Wildman–Crippen LogP) is 3.38. The predicted molar refractivity (Wildman–Crippen MR) is 124 cm³/mol. The maximum Gasteiger partial charge on any atom is 0.270 e. The van der Waals surface area contributed by atoms with E-state index in [0.717, 1.165) is 10.8 Å². The summed E-state index contributed by atoms with van der Waals surface area (Å²) < 4.78 is 0. The minimum atomic E-state index is -0.404. The van der Waals surface area contributed by atoms with Crippen LogP contribution >= 0.6 is 11.6 Å². The lowest BCUT2D eigenvalue weighted by atomic mass is 10.0. The van der Waals surface area contributed by atoms with Crippen LogP contribution in [0.25, 0.3) is 10.8 Å². The average molecular weight is 448 g/mol. The second-order valence-electron chi connectivity index (χ2n) is 6.68. The minimum Gasteiger partial charge on any atom is -0.393 e. The highest BCUT2D eigenvalue weighted by atomic mass is 35.5. The van der Waals surface area contributed by atoms with Crippen LogP contribution in [0.2, 0.25) is 5.02 Å². The van der Waals surface area contributed by atoms with Crippen LogP contribution in [0, 0.1) is 0 Å². The second kappa shape index (κ2) is 9.19. The van der Waals surface area contributed by atoms with E-state index in [1.807, 2.05) is 36.4 Å². The van der Waals surface area contributed by atoms with E-state index in [2.05, 4.69) is 31.7 Å². The summed E-state index contributed by atoms with van der Waals surface area (Å²) in [6.45, 7) is 0. The van der Waals surface area contributed by atoms with Gasteiger partial charge in [-0.25, -0.2) is 9.97 Å². The van der Waals surface area contributed by atoms with Gasteiger partial charge in [0.15, 0.2) is 11.6 Å². The first-order valence-electron chi connectivity index (χ1n) is 9.49. The Hall–Kier alpha value is -4.37. The van der Waals surface area contributed by atoms with Gasteiger partial charge in [0, 0.05) is 16.1 Å². The van der Waals surface area contributed by atoms with E-state index in [1.54, 1.807) is 30.3 Å². The highest BCUT2D eigenvalue weighted by Gasteiger charge is 2.13. The number of carbonyl (C=O) groups excluding carboxylic acids is 2. The van der Waals surface area contributed by atoms with E-state index in [0.29, 0.717) is 16.1 Å². The molecule has 0 aliphatic heterocycles. The van der Waals surface area contributed by atoms with Crippen molar-refractivity contribution < 1.29 is 9.59 Å². The van der Waals surface area contributed by atoms with Crippen molar-refractivity contribution in [3.63, 3.8) is 0 Å². The number of carbonyl (C=O) groups is 2. The van der Waals surface area contributed by atoms with Gasteiger partial charge in [-0.3, -0.25) is 31.3 Å². The first-order valence-corrected chi connectivity index (χ1v) is 9.87. The number of rotatable bonds is 6. The van der Waals surface area contributed by atoms with Gasteiger partial charge in [0.25, 0.3) is 11.8 Å². The molecule has 3 aromatic carbocycles. The van der Waals surface area contributed by atoms with Crippen molar-refractivity contribution in [1.29, 1.82) is 0 Å². The molecular weight excluding hydrogens is 430 g/mol. The van der Waals surface area contributed by atoms with E-state index >= 15 is 0 Å². The van der Waals surface area contributed by atoms with Crippen LogP contribution < -0.4 is 27.4 Å². The molecule has 1 heterocycles. The summed E-state index contributed by atoms with van der Waals surface area (Å²) in [5.74, 6) is -0.440. The summed E-state index contributed by atoms with van der Waals surface area (Å²) in [6, 6.07) is 19.4. The zero-order chi connectivity index (χ0) is 22.5. The summed E-state index contributed by atoms with van der Waals surface area (Å²) in [5.41, 5.74) is 17.5. The number of hydrogen-bond donors (Lipinski definition) is 5. The molecule has 4 aromatic rings. The highest BCUT2D eigenvalue weighted by molar-refractivity contribution is 6.30. The quantitative estimate of drug-likeness (QED) is 0.286. The number of fused-ring (bicyclic) bond motifs is 1. The number of benzene rings is 3. The van der Waals surface area contributed by atoms with E-state index in [-0.39, 0.29) is 23.2 Å². The number of amides is 2. The van der Waals surface area contributed by atoms with Gasteiger partial charge in [-0.05, 0) is 41.1 Å². The topological polar surface area (TPSA) is 134 Å². The van der Waals surface area contributed by atoms with Gasteiger partial charge in [-0.15, -0.1) is 0 Å². The Balaban J connectivity index is 1.42. The smallest absolute Gasteiger partial charge is 0.270 e. The van der Waals surface area contributed by atoms with Crippen molar-refractivity contribution >= 4 is 51.5 Å². The Morgan fingerprint density at radius 3 is 2.12 bits per heavy atom. The lowest BCUT2D eigenvalue weighted by Crippen LogP contribution is -2.32. The molecule has 2 amide bonds. The van der Waals surface area contributed by atoms with E-state index in [1.165, 1.54) is 6.33 Å². The largest absolute Gasteiger partial charge is 0.393 e. The molecule has 0 atom stereocenters. The van der Waals surface area contributed by atoms with Crippen molar-refractivity contribution in [2.75, 3.05) is 16.6 Å². The fourth-order valence-corrected chi connectivity index (χ4v) is 3.12. The van der Waals surface area contributed by atoms with Gasteiger partial charge in [0.2, 0.25) is 0 Å². The molecule has 9 nitrogen and oxygen atoms in total. The Kier molecular flexibility index (Phi) is 6.00.